The van der Waals surface area contributed by atoms with Gasteiger partial charge >= 0.3 is 5.97 Å². The quantitative estimate of drug-likeness (QED) is 0.646. The SMILES string of the molecule is CCCOc1cc(-c2cncc(C(CO)(CO)C(=O)OC)c2)ccc1OC. The zero-order chi connectivity index (χ0) is 19.9. The molecule has 146 valence electrons. The number of hydrogen-bond donors (Lipinski definition) is 2. The predicted molar refractivity (Wildman–Crippen MR) is 99.9 cm³/mol. The second kappa shape index (κ2) is 9.34. The summed E-state index contributed by atoms with van der Waals surface area (Å²) in [5.74, 6) is 0.491. The van der Waals surface area contributed by atoms with Crippen LogP contribution in [0.1, 0.15) is 18.9 Å². The molecule has 0 unspecified atom stereocenters. The summed E-state index contributed by atoms with van der Waals surface area (Å²) in [5, 5.41) is 19.6. The number of pyridine rings is 1. The maximum atomic E-state index is 12.2. The van der Waals surface area contributed by atoms with Gasteiger partial charge in [0.25, 0.3) is 0 Å². The van der Waals surface area contributed by atoms with Crippen LogP contribution in [0.5, 0.6) is 11.5 Å². The number of ether oxygens (including phenoxy) is 3. The first-order valence-electron chi connectivity index (χ1n) is 8.63. The van der Waals surface area contributed by atoms with Crippen molar-refractivity contribution in [2.24, 2.45) is 0 Å². The highest BCUT2D eigenvalue weighted by atomic mass is 16.5. The molecule has 2 aromatic rings. The van der Waals surface area contributed by atoms with Crippen LogP contribution in [0.25, 0.3) is 11.1 Å². The number of aromatic nitrogens is 1. The van der Waals surface area contributed by atoms with Gasteiger partial charge < -0.3 is 24.4 Å². The first kappa shape index (κ1) is 20.7. The minimum atomic E-state index is -1.58. The molecule has 0 spiro atoms. The molecule has 0 amide bonds. The van der Waals surface area contributed by atoms with Crippen LogP contribution in [0.4, 0.5) is 0 Å². The lowest BCUT2D eigenvalue weighted by Crippen LogP contribution is -2.44. The number of aliphatic hydroxyl groups is 2. The van der Waals surface area contributed by atoms with E-state index >= 15 is 0 Å². The van der Waals surface area contributed by atoms with Crippen LogP contribution >= 0.6 is 0 Å². The van der Waals surface area contributed by atoms with Crippen LogP contribution in [-0.4, -0.2) is 55.2 Å². The molecule has 2 rings (SSSR count). The molecule has 0 saturated heterocycles. The van der Waals surface area contributed by atoms with Gasteiger partial charge in [-0.3, -0.25) is 9.78 Å². The molecule has 0 aliphatic rings. The summed E-state index contributed by atoms with van der Waals surface area (Å²) in [4.78, 5) is 16.4. The maximum absolute atomic E-state index is 12.2. The smallest absolute Gasteiger partial charge is 0.321 e. The molecule has 2 N–H and O–H groups in total. The zero-order valence-corrected chi connectivity index (χ0v) is 15.8. The molecule has 1 aromatic carbocycles. The molecule has 1 heterocycles. The summed E-state index contributed by atoms with van der Waals surface area (Å²) in [6.45, 7) is 1.36. The lowest BCUT2D eigenvalue weighted by atomic mass is 9.82. The normalized spacial score (nSPS) is 11.1. The summed E-state index contributed by atoms with van der Waals surface area (Å²) < 4.78 is 15.8. The Morgan fingerprint density at radius 2 is 1.81 bits per heavy atom. The van der Waals surface area contributed by atoms with Crippen molar-refractivity contribution in [1.82, 2.24) is 4.98 Å². The Hall–Kier alpha value is -2.64. The summed E-state index contributed by atoms with van der Waals surface area (Å²) >= 11 is 0. The van der Waals surface area contributed by atoms with E-state index in [1.807, 2.05) is 19.1 Å². The summed E-state index contributed by atoms with van der Waals surface area (Å²) in [7, 11) is 2.78. The number of nitrogens with zero attached hydrogens (tertiary/aromatic N) is 1. The van der Waals surface area contributed by atoms with E-state index in [0.717, 1.165) is 12.0 Å². The fourth-order valence-electron chi connectivity index (χ4n) is 2.72. The van der Waals surface area contributed by atoms with Gasteiger partial charge in [0.15, 0.2) is 11.5 Å². The topological polar surface area (TPSA) is 98.1 Å². The Labute approximate surface area is 158 Å². The van der Waals surface area contributed by atoms with Crippen LogP contribution in [0.2, 0.25) is 0 Å². The minimum absolute atomic E-state index is 0.365. The van der Waals surface area contributed by atoms with E-state index in [4.69, 9.17) is 14.2 Å². The molecule has 1 aromatic heterocycles. The number of hydrogen-bond acceptors (Lipinski definition) is 7. The Balaban J connectivity index is 2.49. The number of aliphatic hydroxyl groups excluding tert-OH is 2. The highest BCUT2D eigenvalue weighted by Gasteiger charge is 2.41. The molecular formula is C20H25NO6. The van der Waals surface area contributed by atoms with Crippen molar-refractivity contribution in [2.75, 3.05) is 34.0 Å². The van der Waals surface area contributed by atoms with Crippen LogP contribution in [0.15, 0.2) is 36.7 Å². The van der Waals surface area contributed by atoms with E-state index in [2.05, 4.69) is 4.98 Å². The first-order valence-corrected chi connectivity index (χ1v) is 8.63. The monoisotopic (exact) mass is 375 g/mol. The average Bonchev–Trinajstić information content (AvgIpc) is 2.73. The summed E-state index contributed by atoms with van der Waals surface area (Å²) in [6, 6.07) is 7.16. The Bertz CT molecular complexity index is 773. The van der Waals surface area contributed by atoms with Crippen LogP contribution in [-0.2, 0) is 14.9 Å². The van der Waals surface area contributed by atoms with E-state index in [-0.39, 0.29) is 0 Å². The fourth-order valence-corrected chi connectivity index (χ4v) is 2.72. The van der Waals surface area contributed by atoms with Crippen molar-refractivity contribution < 1.29 is 29.2 Å². The number of esters is 1. The molecule has 7 nitrogen and oxygen atoms in total. The van der Waals surface area contributed by atoms with Gasteiger partial charge in [-0.05, 0) is 35.7 Å². The Kier molecular flexibility index (Phi) is 7.15. The van der Waals surface area contributed by atoms with E-state index < -0.39 is 24.6 Å². The summed E-state index contributed by atoms with van der Waals surface area (Å²) in [6.07, 6.45) is 3.93. The van der Waals surface area contributed by atoms with Crippen molar-refractivity contribution in [3.8, 4) is 22.6 Å². The standard InChI is InChI=1S/C20H25NO6/c1-4-7-27-18-9-14(5-6-17(18)25-2)15-8-16(11-21-10-15)20(12-22,13-23)19(24)26-3/h5-6,8-11,22-23H,4,7,12-13H2,1-3H3. The van der Waals surface area contributed by atoms with Crippen molar-refractivity contribution in [2.45, 2.75) is 18.8 Å². The van der Waals surface area contributed by atoms with E-state index in [9.17, 15) is 15.0 Å². The van der Waals surface area contributed by atoms with Crippen molar-refractivity contribution >= 4 is 5.97 Å². The zero-order valence-electron chi connectivity index (χ0n) is 15.8. The van der Waals surface area contributed by atoms with Crippen LogP contribution < -0.4 is 9.47 Å². The number of rotatable bonds is 9. The molecular weight excluding hydrogens is 350 g/mol. The lowest BCUT2D eigenvalue weighted by molar-refractivity contribution is -0.151. The third-order valence-corrected chi connectivity index (χ3v) is 4.37. The molecule has 0 aliphatic heterocycles. The molecule has 27 heavy (non-hydrogen) atoms. The van der Waals surface area contributed by atoms with Crippen molar-refractivity contribution in [1.29, 1.82) is 0 Å². The van der Waals surface area contributed by atoms with Gasteiger partial charge in [-0.2, -0.15) is 0 Å². The van der Waals surface area contributed by atoms with Gasteiger partial charge in [0.2, 0.25) is 0 Å². The third kappa shape index (κ3) is 4.20. The number of benzene rings is 1. The molecule has 0 radical (unpaired) electrons. The first-order chi connectivity index (χ1) is 13.1. The molecule has 0 bridgehead atoms. The highest BCUT2D eigenvalue weighted by Crippen LogP contribution is 2.34. The molecule has 0 saturated carbocycles. The Morgan fingerprint density at radius 1 is 1.07 bits per heavy atom. The van der Waals surface area contributed by atoms with Gasteiger partial charge in [0.1, 0.15) is 5.41 Å². The molecule has 7 heteroatoms. The van der Waals surface area contributed by atoms with Crippen molar-refractivity contribution in [3.05, 3.63) is 42.2 Å². The van der Waals surface area contributed by atoms with Crippen LogP contribution in [0.3, 0.4) is 0 Å². The second-order valence-corrected chi connectivity index (χ2v) is 6.07. The highest BCUT2D eigenvalue weighted by molar-refractivity contribution is 5.84. The predicted octanol–water partition coefficient (Wildman–Crippen LogP) is 1.94. The number of carbonyl (C=O) groups excluding carboxylic acids is 1. The van der Waals surface area contributed by atoms with Gasteiger partial charge in [-0.1, -0.05) is 13.0 Å². The average molecular weight is 375 g/mol. The molecule has 0 aliphatic carbocycles. The van der Waals surface area contributed by atoms with E-state index in [1.54, 1.807) is 25.4 Å². The van der Waals surface area contributed by atoms with Crippen LogP contribution in [0, 0.1) is 0 Å². The van der Waals surface area contributed by atoms with Gasteiger partial charge in [-0.25, -0.2) is 0 Å². The maximum Gasteiger partial charge on any atom is 0.321 e. The van der Waals surface area contributed by atoms with E-state index in [0.29, 0.717) is 29.2 Å². The number of carbonyl (C=O) groups is 1. The lowest BCUT2D eigenvalue weighted by Gasteiger charge is -2.27. The molecule has 0 fully saturated rings. The Morgan fingerprint density at radius 3 is 2.41 bits per heavy atom. The van der Waals surface area contributed by atoms with Crippen molar-refractivity contribution in [3.63, 3.8) is 0 Å². The van der Waals surface area contributed by atoms with E-state index in [1.165, 1.54) is 13.3 Å². The fraction of sp³-hybridized carbons (Fsp3) is 0.400. The van der Waals surface area contributed by atoms with Gasteiger partial charge in [0, 0.05) is 18.0 Å². The molecule has 0 atom stereocenters. The largest absolute Gasteiger partial charge is 0.493 e. The summed E-state index contributed by atoms with van der Waals surface area (Å²) in [5.41, 5.74) is 0.285. The number of methoxy groups -OCH3 is 2. The van der Waals surface area contributed by atoms with Gasteiger partial charge in [-0.15, -0.1) is 0 Å². The van der Waals surface area contributed by atoms with Gasteiger partial charge in [0.05, 0.1) is 34.0 Å². The third-order valence-electron chi connectivity index (χ3n) is 4.37. The minimum Gasteiger partial charge on any atom is -0.493 e. The second-order valence-electron chi connectivity index (χ2n) is 6.07.